The zero-order valence-electron chi connectivity index (χ0n) is 11.9. The first-order chi connectivity index (χ1) is 9.91. The highest BCUT2D eigenvalue weighted by molar-refractivity contribution is 7.98. The van der Waals surface area contributed by atoms with Crippen molar-refractivity contribution in [3.8, 4) is 0 Å². The molecule has 2 aromatic rings. The van der Waals surface area contributed by atoms with Gasteiger partial charge in [0.2, 0.25) is 16.0 Å². The summed E-state index contributed by atoms with van der Waals surface area (Å²) in [5, 5.41) is 7.50. The van der Waals surface area contributed by atoms with Crippen molar-refractivity contribution in [3.63, 3.8) is 0 Å². The van der Waals surface area contributed by atoms with E-state index in [0.717, 1.165) is 0 Å². The van der Waals surface area contributed by atoms with Crippen molar-refractivity contribution in [1.82, 2.24) is 29.3 Å². The van der Waals surface area contributed by atoms with Gasteiger partial charge in [0.05, 0.1) is 5.75 Å². The number of nitrogens with zero attached hydrogens (tertiary/aromatic N) is 5. The Morgan fingerprint density at radius 1 is 1.38 bits per heavy atom. The average molecular weight is 331 g/mol. The second-order valence-electron chi connectivity index (χ2n) is 4.52. The maximum atomic E-state index is 11.7. The molecule has 0 aliphatic heterocycles. The van der Waals surface area contributed by atoms with Crippen LogP contribution in [-0.2, 0) is 10.0 Å². The molecule has 21 heavy (non-hydrogen) atoms. The Hall–Kier alpha value is -1.46. The molecule has 2 aromatic heterocycles. The van der Waals surface area contributed by atoms with Crippen molar-refractivity contribution < 1.29 is 8.42 Å². The normalized spacial score (nSPS) is 12.2. The first-order valence-electron chi connectivity index (χ1n) is 6.27. The fraction of sp³-hybridized carbons (Fsp3) is 0.600. The van der Waals surface area contributed by atoms with Crippen molar-refractivity contribution in [3.05, 3.63) is 6.33 Å². The highest BCUT2D eigenvalue weighted by Gasteiger charge is 2.13. The Kier molecular flexibility index (Phi) is 4.96. The van der Waals surface area contributed by atoms with Crippen LogP contribution in [0.4, 0.5) is 5.95 Å². The molecule has 11 heteroatoms. The topological polar surface area (TPSA) is 114 Å². The molecule has 0 bridgehead atoms. The van der Waals surface area contributed by atoms with Crippen molar-refractivity contribution in [1.29, 1.82) is 0 Å². The van der Waals surface area contributed by atoms with Crippen LogP contribution < -0.4 is 10.0 Å². The van der Waals surface area contributed by atoms with Gasteiger partial charge in [0.15, 0.2) is 5.16 Å². The molecule has 0 amide bonds. The maximum Gasteiger partial charge on any atom is 0.257 e. The minimum absolute atomic E-state index is 0.0556. The van der Waals surface area contributed by atoms with Gasteiger partial charge in [-0.1, -0.05) is 11.8 Å². The number of anilines is 1. The van der Waals surface area contributed by atoms with Crippen LogP contribution in [0.5, 0.6) is 0 Å². The summed E-state index contributed by atoms with van der Waals surface area (Å²) in [5.41, 5.74) is 0. The van der Waals surface area contributed by atoms with Crippen LogP contribution in [0.15, 0.2) is 11.5 Å². The van der Waals surface area contributed by atoms with Gasteiger partial charge in [0.1, 0.15) is 6.33 Å². The van der Waals surface area contributed by atoms with E-state index < -0.39 is 10.0 Å². The van der Waals surface area contributed by atoms with Crippen molar-refractivity contribution >= 4 is 33.5 Å². The molecule has 2 heterocycles. The number of nitrogens with one attached hydrogen (secondary N) is 2. The SMILES string of the molecule is CSc1nc(NCCS(=O)(=O)NC(C)C)n2ncnc2n1. The third kappa shape index (κ3) is 4.25. The van der Waals surface area contributed by atoms with Gasteiger partial charge < -0.3 is 5.32 Å². The summed E-state index contributed by atoms with van der Waals surface area (Å²) < 4.78 is 27.4. The highest BCUT2D eigenvalue weighted by atomic mass is 32.2. The number of rotatable bonds is 7. The lowest BCUT2D eigenvalue weighted by molar-refractivity contribution is 0.570. The van der Waals surface area contributed by atoms with Gasteiger partial charge in [-0.15, -0.1) is 0 Å². The molecule has 0 spiro atoms. The Balaban J connectivity index is 2.08. The summed E-state index contributed by atoms with van der Waals surface area (Å²) >= 11 is 1.37. The third-order valence-corrected chi connectivity index (χ3v) is 4.50. The molecule has 0 aliphatic carbocycles. The van der Waals surface area contributed by atoms with E-state index in [1.807, 2.05) is 6.26 Å². The molecule has 0 saturated carbocycles. The molecule has 116 valence electrons. The summed E-state index contributed by atoms with van der Waals surface area (Å²) in [6.07, 6.45) is 3.22. The predicted octanol–water partition coefficient (Wildman–Crippen LogP) is -0.0191. The van der Waals surface area contributed by atoms with Gasteiger partial charge in [-0.25, -0.2) is 13.1 Å². The quantitative estimate of drug-likeness (QED) is 0.680. The molecule has 9 nitrogen and oxygen atoms in total. The molecule has 2 N–H and O–H groups in total. The number of fused-ring (bicyclic) bond motifs is 1. The Bertz CT molecular complexity index is 713. The number of hydrogen-bond acceptors (Lipinski definition) is 8. The number of thioether (sulfide) groups is 1. The molecule has 2 rings (SSSR count). The lowest BCUT2D eigenvalue weighted by atomic mass is 10.4. The van der Waals surface area contributed by atoms with Gasteiger partial charge in [0.25, 0.3) is 5.78 Å². The van der Waals surface area contributed by atoms with Gasteiger partial charge in [-0.2, -0.15) is 24.6 Å². The minimum atomic E-state index is -3.31. The summed E-state index contributed by atoms with van der Waals surface area (Å²) in [5.74, 6) is 0.779. The van der Waals surface area contributed by atoms with E-state index in [1.54, 1.807) is 13.8 Å². The molecule has 0 radical (unpaired) electrons. The zero-order valence-corrected chi connectivity index (χ0v) is 13.6. The fourth-order valence-corrected chi connectivity index (χ4v) is 3.19. The van der Waals surface area contributed by atoms with E-state index in [0.29, 0.717) is 16.9 Å². The van der Waals surface area contributed by atoms with Crippen LogP contribution >= 0.6 is 11.8 Å². The van der Waals surface area contributed by atoms with Gasteiger partial charge in [0, 0.05) is 12.6 Å². The maximum absolute atomic E-state index is 11.7. The lowest BCUT2D eigenvalue weighted by Crippen LogP contribution is -2.34. The second-order valence-corrected chi connectivity index (χ2v) is 7.17. The van der Waals surface area contributed by atoms with E-state index in [-0.39, 0.29) is 18.3 Å². The van der Waals surface area contributed by atoms with Crippen LogP contribution in [0.25, 0.3) is 5.78 Å². The van der Waals surface area contributed by atoms with Gasteiger partial charge in [-0.3, -0.25) is 0 Å². The highest BCUT2D eigenvalue weighted by Crippen LogP contribution is 2.12. The lowest BCUT2D eigenvalue weighted by Gasteiger charge is -2.11. The van der Waals surface area contributed by atoms with Crippen molar-refractivity contribution in [2.45, 2.75) is 25.0 Å². The van der Waals surface area contributed by atoms with Crippen LogP contribution in [-0.4, -0.2) is 57.6 Å². The monoisotopic (exact) mass is 331 g/mol. The van der Waals surface area contributed by atoms with Crippen molar-refractivity contribution in [2.24, 2.45) is 0 Å². The Morgan fingerprint density at radius 3 is 2.81 bits per heavy atom. The summed E-state index contributed by atoms with van der Waals surface area (Å²) in [7, 11) is -3.31. The largest absolute Gasteiger partial charge is 0.353 e. The van der Waals surface area contributed by atoms with Gasteiger partial charge >= 0.3 is 0 Å². The summed E-state index contributed by atoms with van der Waals surface area (Å²) in [4.78, 5) is 12.4. The van der Waals surface area contributed by atoms with E-state index in [1.165, 1.54) is 22.6 Å². The Labute approximate surface area is 127 Å². The number of aromatic nitrogens is 5. The first-order valence-corrected chi connectivity index (χ1v) is 9.14. The number of sulfonamides is 1. The number of hydrogen-bond donors (Lipinski definition) is 2. The molecular formula is C10H17N7O2S2. The van der Waals surface area contributed by atoms with E-state index in [2.05, 4.69) is 30.1 Å². The predicted molar refractivity (Wildman–Crippen MR) is 80.9 cm³/mol. The van der Waals surface area contributed by atoms with E-state index >= 15 is 0 Å². The van der Waals surface area contributed by atoms with Crippen LogP contribution in [0.1, 0.15) is 13.8 Å². The second kappa shape index (κ2) is 6.54. The fourth-order valence-electron chi connectivity index (χ4n) is 1.63. The standard InChI is InChI=1S/C10H17N7O2S2/c1-7(2)16-21(18,19)5-4-11-8-14-10(20-3)15-9-12-6-13-17(8)9/h6-7,16H,4-5H2,1-3H3,(H,11,12,13,14,15). The van der Waals surface area contributed by atoms with Crippen LogP contribution in [0.2, 0.25) is 0 Å². The van der Waals surface area contributed by atoms with Crippen LogP contribution in [0.3, 0.4) is 0 Å². The van der Waals surface area contributed by atoms with Crippen LogP contribution in [0, 0.1) is 0 Å². The first kappa shape index (κ1) is 15.9. The smallest absolute Gasteiger partial charge is 0.257 e. The molecule has 0 saturated heterocycles. The molecule has 0 aromatic carbocycles. The van der Waals surface area contributed by atoms with Crippen molar-refractivity contribution in [2.75, 3.05) is 23.9 Å². The van der Waals surface area contributed by atoms with E-state index in [9.17, 15) is 8.42 Å². The van der Waals surface area contributed by atoms with Gasteiger partial charge in [-0.05, 0) is 20.1 Å². The van der Waals surface area contributed by atoms with E-state index in [4.69, 9.17) is 0 Å². The zero-order chi connectivity index (χ0) is 15.5. The minimum Gasteiger partial charge on any atom is -0.353 e. The third-order valence-electron chi connectivity index (χ3n) is 2.38. The average Bonchev–Trinajstić information content (AvgIpc) is 2.84. The molecule has 0 atom stereocenters. The molecular weight excluding hydrogens is 314 g/mol. The Morgan fingerprint density at radius 2 is 2.14 bits per heavy atom. The molecule has 0 fully saturated rings. The molecule has 0 aliphatic rings. The summed E-state index contributed by atoms with van der Waals surface area (Å²) in [6, 6.07) is -0.126. The molecule has 0 unspecified atom stereocenters. The summed E-state index contributed by atoms with van der Waals surface area (Å²) in [6.45, 7) is 3.76.